The Bertz CT molecular complexity index is 866. The van der Waals surface area contributed by atoms with E-state index in [0.29, 0.717) is 38.5 Å². The lowest BCUT2D eigenvalue weighted by molar-refractivity contribution is 0.354. The number of H-pyrrole nitrogens is 1. The fraction of sp³-hybridized carbons (Fsp3) is 0.368. The van der Waals surface area contributed by atoms with Crippen LogP contribution in [0.5, 0.6) is 11.5 Å². The second-order valence-electron chi connectivity index (χ2n) is 6.01. The Kier molecular flexibility index (Phi) is 6.43. The fourth-order valence-electron chi connectivity index (χ4n) is 2.86. The highest BCUT2D eigenvalue weighted by atomic mass is 79.9. The lowest BCUT2D eigenvalue weighted by atomic mass is 10.1. The van der Waals surface area contributed by atoms with Crippen LogP contribution in [0.1, 0.15) is 30.5 Å². The molecular weight excluding hydrogens is 416 g/mol. The minimum atomic E-state index is -0.155. The van der Waals surface area contributed by atoms with Gasteiger partial charge in [0.15, 0.2) is 16.7 Å². The zero-order valence-electron chi connectivity index (χ0n) is 14.8. The molecule has 1 atom stereocenters. The van der Waals surface area contributed by atoms with Crippen LogP contribution in [-0.4, -0.2) is 29.4 Å². The summed E-state index contributed by atoms with van der Waals surface area (Å²) >= 11 is 4.98. The van der Waals surface area contributed by atoms with Crippen LogP contribution in [0.2, 0.25) is 0 Å². The van der Waals surface area contributed by atoms with Gasteiger partial charge in [-0.25, -0.2) is 4.98 Å². The van der Waals surface area contributed by atoms with Crippen LogP contribution in [0, 0.1) is 0 Å². The zero-order valence-corrected chi connectivity index (χ0v) is 17.2. The van der Waals surface area contributed by atoms with Crippen LogP contribution in [0.15, 0.2) is 44.8 Å². The molecule has 0 bridgehead atoms. The van der Waals surface area contributed by atoms with Crippen LogP contribution in [0.25, 0.3) is 0 Å². The predicted molar refractivity (Wildman–Crippen MR) is 108 cm³/mol. The zero-order chi connectivity index (χ0) is 18.5. The Morgan fingerprint density at radius 3 is 2.81 bits per heavy atom. The summed E-state index contributed by atoms with van der Waals surface area (Å²) in [4.78, 5) is 19.8. The molecule has 0 aliphatic heterocycles. The first-order valence-corrected chi connectivity index (χ1v) is 10.1. The molecule has 3 rings (SSSR count). The number of aromatic amines is 1. The summed E-state index contributed by atoms with van der Waals surface area (Å²) in [6.45, 7) is 0. The Balaban J connectivity index is 1.86. The maximum absolute atomic E-state index is 12.3. The second kappa shape index (κ2) is 8.77. The van der Waals surface area contributed by atoms with Gasteiger partial charge >= 0.3 is 0 Å². The molecule has 0 saturated heterocycles. The maximum atomic E-state index is 12.3. The number of aromatic nitrogens is 2. The van der Waals surface area contributed by atoms with Gasteiger partial charge in [0, 0.05) is 11.7 Å². The number of hydrogen-bond acceptors (Lipinski definition) is 5. The first kappa shape index (κ1) is 19.0. The van der Waals surface area contributed by atoms with Gasteiger partial charge < -0.3 is 14.5 Å². The molecular formula is C19H21BrN2O3S. The first-order valence-electron chi connectivity index (χ1n) is 8.43. The van der Waals surface area contributed by atoms with Crippen LogP contribution in [0.3, 0.4) is 0 Å². The number of methoxy groups -OCH3 is 2. The van der Waals surface area contributed by atoms with Crippen molar-refractivity contribution >= 4 is 27.7 Å². The Labute approximate surface area is 165 Å². The summed E-state index contributed by atoms with van der Waals surface area (Å²) in [5.41, 5.74) is 1.55. The fourth-order valence-corrected chi connectivity index (χ4v) is 4.27. The molecule has 1 aromatic carbocycles. The second-order valence-corrected chi connectivity index (χ2v) is 8.03. The number of nitrogens with one attached hydrogen (secondary N) is 1. The average molecular weight is 437 g/mol. The SMILES string of the molecule is COc1ccc(Cc2nc(SC3C=CCCC3)[nH]c(=O)c2Br)cc1OC. The van der Waals surface area contributed by atoms with E-state index in [1.165, 1.54) is 6.42 Å². The number of halogens is 1. The van der Waals surface area contributed by atoms with E-state index >= 15 is 0 Å². The summed E-state index contributed by atoms with van der Waals surface area (Å²) in [6.07, 6.45) is 8.33. The Morgan fingerprint density at radius 2 is 2.12 bits per heavy atom. The third-order valence-electron chi connectivity index (χ3n) is 4.20. The first-order chi connectivity index (χ1) is 12.6. The Morgan fingerprint density at radius 1 is 1.31 bits per heavy atom. The van der Waals surface area contributed by atoms with Gasteiger partial charge in [-0.15, -0.1) is 0 Å². The molecule has 0 spiro atoms. The molecule has 1 unspecified atom stereocenters. The highest BCUT2D eigenvalue weighted by Gasteiger charge is 2.16. The normalized spacial score (nSPS) is 16.5. The van der Waals surface area contributed by atoms with Crippen LogP contribution >= 0.6 is 27.7 Å². The summed E-state index contributed by atoms with van der Waals surface area (Å²) in [5, 5.41) is 1.02. The largest absolute Gasteiger partial charge is 0.493 e. The van der Waals surface area contributed by atoms with Crippen molar-refractivity contribution in [3.8, 4) is 11.5 Å². The Hall–Kier alpha value is -1.73. The standard InChI is InChI=1S/C19H21BrN2O3S/c1-24-15-9-8-12(11-16(15)25-2)10-14-17(20)18(23)22-19(21-14)26-13-6-4-3-5-7-13/h4,6,8-9,11,13H,3,5,7,10H2,1-2H3,(H,21,22,23). The summed E-state index contributed by atoms with van der Waals surface area (Å²) < 4.78 is 11.1. The maximum Gasteiger partial charge on any atom is 0.266 e. The van der Waals surface area contributed by atoms with Crippen LogP contribution in [-0.2, 0) is 6.42 Å². The molecule has 1 N–H and O–H groups in total. The number of rotatable bonds is 6. The molecule has 26 heavy (non-hydrogen) atoms. The number of benzene rings is 1. The van der Waals surface area contributed by atoms with Gasteiger partial charge in [-0.2, -0.15) is 0 Å². The van der Waals surface area contributed by atoms with Crippen LogP contribution in [0.4, 0.5) is 0 Å². The minimum Gasteiger partial charge on any atom is -0.493 e. The molecule has 0 amide bonds. The van der Waals surface area contributed by atoms with E-state index in [1.54, 1.807) is 26.0 Å². The predicted octanol–water partition coefficient (Wildman–Crippen LogP) is 4.34. The quantitative estimate of drug-likeness (QED) is 0.538. The third kappa shape index (κ3) is 4.51. The number of allylic oxidation sites excluding steroid dienone is 1. The lowest BCUT2D eigenvalue weighted by Crippen LogP contribution is -2.15. The van der Waals surface area contributed by atoms with Crippen molar-refractivity contribution in [3.05, 3.63) is 56.4 Å². The van der Waals surface area contributed by atoms with Crippen molar-refractivity contribution in [1.82, 2.24) is 9.97 Å². The van der Waals surface area contributed by atoms with Gasteiger partial charge in [0.05, 0.1) is 19.9 Å². The minimum absolute atomic E-state index is 0.155. The van der Waals surface area contributed by atoms with Crippen molar-refractivity contribution in [3.63, 3.8) is 0 Å². The van der Waals surface area contributed by atoms with Gasteiger partial charge in [-0.3, -0.25) is 4.79 Å². The van der Waals surface area contributed by atoms with Crippen LogP contribution < -0.4 is 15.0 Å². The lowest BCUT2D eigenvalue weighted by Gasteiger charge is -2.15. The topological polar surface area (TPSA) is 64.2 Å². The van der Waals surface area contributed by atoms with E-state index in [0.717, 1.165) is 18.4 Å². The molecule has 1 aromatic heterocycles. The van der Waals surface area contributed by atoms with Gasteiger partial charge in [-0.1, -0.05) is 30.0 Å². The van der Waals surface area contributed by atoms with Gasteiger partial charge in [0.1, 0.15) is 4.47 Å². The highest BCUT2D eigenvalue weighted by Crippen LogP contribution is 2.30. The summed E-state index contributed by atoms with van der Waals surface area (Å²) in [5.74, 6) is 1.34. The average Bonchev–Trinajstić information content (AvgIpc) is 2.66. The van der Waals surface area contributed by atoms with Crippen molar-refractivity contribution < 1.29 is 9.47 Å². The molecule has 0 fully saturated rings. The van der Waals surface area contributed by atoms with E-state index in [9.17, 15) is 4.79 Å². The van der Waals surface area contributed by atoms with Gasteiger partial charge in [0.25, 0.3) is 5.56 Å². The van der Waals surface area contributed by atoms with Crippen molar-refractivity contribution in [2.75, 3.05) is 14.2 Å². The van der Waals surface area contributed by atoms with Crippen molar-refractivity contribution in [2.45, 2.75) is 36.1 Å². The molecule has 0 saturated carbocycles. The molecule has 1 heterocycles. The van der Waals surface area contributed by atoms with Crippen molar-refractivity contribution in [1.29, 1.82) is 0 Å². The van der Waals surface area contributed by atoms with E-state index in [-0.39, 0.29) is 5.56 Å². The third-order valence-corrected chi connectivity index (χ3v) is 6.13. The molecule has 138 valence electrons. The smallest absolute Gasteiger partial charge is 0.266 e. The monoisotopic (exact) mass is 436 g/mol. The molecule has 0 radical (unpaired) electrons. The van der Waals surface area contributed by atoms with Crippen molar-refractivity contribution in [2.24, 2.45) is 0 Å². The van der Waals surface area contributed by atoms with Gasteiger partial charge in [0.2, 0.25) is 0 Å². The van der Waals surface area contributed by atoms with E-state index in [2.05, 4.69) is 38.0 Å². The number of nitrogens with zero attached hydrogens (tertiary/aromatic N) is 1. The van der Waals surface area contributed by atoms with E-state index < -0.39 is 0 Å². The summed E-state index contributed by atoms with van der Waals surface area (Å²) in [7, 11) is 3.21. The number of hydrogen-bond donors (Lipinski definition) is 1. The highest BCUT2D eigenvalue weighted by molar-refractivity contribution is 9.10. The van der Waals surface area contributed by atoms with E-state index in [1.807, 2.05) is 18.2 Å². The molecule has 7 heteroatoms. The molecule has 5 nitrogen and oxygen atoms in total. The van der Waals surface area contributed by atoms with Gasteiger partial charge in [-0.05, 0) is 52.9 Å². The molecule has 2 aromatic rings. The van der Waals surface area contributed by atoms with E-state index in [4.69, 9.17) is 9.47 Å². The molecule has 1 aliphatic rings. The summed E-state index contributed by atoms with van der Waals surface area (Å²) in [6, 6.07) is 5.72. The number of ether oxygens (including phenoxy) is 2. The molecule has 1 aliphatic carbocycles. The number of thioether (sulfide) groups is 1.